The molecule has 1 aliphatic rings. The van der Waals surface area contributed by atoms with Gasteiger partial charge in [-0.05, 0) is 56.4 Å². The molecule has 1 heterocycles. The van der Waals surface area contributed by atoms with Crippen LogP contribution in [0.3, 0.4) is 0 Å². The Kier molecular flexibility index (Phi) is 8.05. The lowest BCUT2D eigenvalue weighted by Crippen LogP contribution is -2.43. The first-order valence-corrected chi connectivity index (χ1v) is 11.4. The predicted octanol–water partition coefficient (Wildman–Crippen LogP) is 4.69. The molecule has 2 N–H and O–H groups in total. The average Bonchev–Trinajstić information content (AvgIpc) is 2.75. The van der Waals surface area contributed by atoms with Crippen LogP contribution in [0, 0.1) is 0 Å². The Bertz CT molecular complexity index is 1010. The lowest BCUT2D eigenvalue weighted by molar-refractivity contribution is -0.141. The quantitative estimate of drug-likeness (QED) is 0.559. The zero-order chi connectivity index (χ0) is 24.2. The van der Waals surface area contributed by atoms with Gasteiger partial charge in [0.25, 0.3) is 0 Å². The minimum Gasteiger partial charge on any atom is -0.371 e. The maximum absolute atomic E-state index is 13.4. The van der Waals surface area contributed by atoms with Crippen LogP contribution in [0.2, 0.25) is 5.02 Å². The fraction of sp³-hybridized carbons (Fsp3) is 0.522. The summed E-state index contributed by atoms with van der Waals surface area (Å²) >= 11 is 6.11. The van der Waals surface area contributed by atoms with Crippen molar-refractivity contribution in [3.8, 4) is 0 Å². The molecule has 33 heavy (non-hydrogen) atoms. The number of carbonyl (C=O) groups excluding carboxylic acids is 2. The van der Waals surface area contributed by atoms with Gasteiger partial charge in [-0.15, -0.1) is 0 Å². The number of alkyl halides is 3. The maximum atomic E-state index is 13.4. The Morgan fingerprint density at radius 2 is 1.88 bits per heavy atom. The van der Waals surface area contributed by atoms with E-state index in [0.29, 0.717) is 35.5 Å². The Hall–Kier alpha value is -2.55. The van der Waals surface area contributed by atoms with Crippen molar-refractivity contribution < 1.29 is 22.8 Å². The highest BCUT2D eigenvalue weighted by molar-refractivity contribution is 6.31. The van der Waals surface area contributed by atoms with Crippen LogP contribution in [-0.2, 0) is 15.8 Å². The van der Waals surface area contributed by atoms with Gasteiger partial charge in [-0.25, -0.2) is 4.98 Å². The minimum atomic E-state index is -4.55. The van der Waals surface area contributed by atoms with E-state index in [2.05, 4.69) is 15.6 Å². The summed E-state index contributed by atoms with van der Waals surface area (Å²) in [5.74, 6) is -0.175. The normalized spacial score (nSPS) is 18.7. The number of hydrogen-bond donors (Lipinski definition) is 2. The van der Waals surface area contributed by atoms with E-state index in [-0.39, 0.29) is 29.4 Å². The second kappa shape index (κ2) is 10.6. The highest BCUT2D eigenvalue weighted by atomic mass is 35.5. The standard InChI is InChI=1S/C23H28ClF3N4O2/c1-14(32)28-11-3-4-22(33)29-16-6-8-17(9-7-16)31(2)20-13-21(23(25,26)27)30-19-10-5-15(24)12-18(19)20/h5,10,12-13,16-17H,3-4,6-9,11H2,1-2H3,(H,28,32)(H,29,33)/t16-,17+. The molecule has 0 bridgehead atoms. The smallest absolute Gasteiger partial charge is 0.371 e. The van der Waals surface area contributed by atoms with Crippen LogP contribution < -0.4 is 15.5 Å². The molecular weight excluding hydrogens is 457 g/mol. The zero-order valence-electron chi connectivity index (χ0n) is 18.6. The number of amides is 2. The van der Waals surface area contributed by atoms with E-state index in [4.69, 9.17) is 11.6 Å². The van der Waals surface area contributed by atoms with E-state index in [0.717, 1.165) is 31.7 Å². The summed E-state index contributed by atoms with van der Waals surface area (Å²) in [5.41, 5.74) is -0.240. The van der Waals surface area contributed by atoms with Crippen molar-refractivity contribution in [2.75, 3.05) is 18.5 Å². The molecule has 0 saturated heterocycles. The van der Waals surface area contributed by atoms with Crippen molar-refractivity contribution in [3.05, 3.63) is 35.0 Å². The summed E-state index contributed by atoms with van der Waals surface area (Å²) < 4.78 is 40.3. The summed E-state index contributed by atoms with van der Waals surface area (Å²) in [5, 5.41) is 6.70. The molecule has 0 radical (unpaired) electrons. The Morgan fingerprint density at radius 1 is 1.18 bits per heavy atom. The first-order chi connectivity index (χ1) is 15.5. The summed E-state index contributed by atoms with van der Waals surface area (Å²) in [6, 6.07) is 5.83. The summed E-state index contributed by atoms with van der Waals surface area (Å²) in [6.07, 6.45) is -0.694. The van der Waals surface area contributed by atoms with Crippen LogP contribution in [0.5, 0.6) is 0 Å². The Labute approximate surface area is 195 Å². The molecule has 1 aromatic carbocycles. The van der Waals surface area contributed by atoms with Crippen molar-refractivity contribution in [2.24, 2.45) is 0 Å². The topological polar surface area (TPSA) is 74.3 Å². The van der Waals surface area contributed by atoms with E-state index in [9.17, 15) is 22.8 Å². The van der Waals surface area contributed by atoms with Gasteiger partial charge in [0.1, 0.15) is 5.69 Å². The van der Waals surface area contributed by atoms with E-state index < -0.39 is 11.9 Å². The number of nitrogens with one attached hydrogen (secondary N) is 2. The van der Waals surface area contributed by atoms with Crippen molar-refractivity contribution in [3.63, 3.8) is 0 Å². The first-order valence-electron chi connectivity index (χ1n) is 11.0. The third-order valence-electron chi connectivity index (χ3n) is 5.98. The Morgan fingerprint density at radius 3 is 2.52 bits per heavy atom. The number of rotatable bonds is 7. The number of benzene rings is 1. The molecule has 1 saturated carbocycles. The molecule has 0 unspecified atom stereocenters. The second-order valence-corrected chi connectivity index (χ2v) is 8.89. The van der Waals surface area contributed by atoms with Gasteiger partial charge < -0.3 is 15.5 Å². The number of anilines is 1. The number of pyridine rings is 1. The number of fused-ring (bicyclic) bond motifs is 1. The zero-order valence-corrected chi connectivity index (χ0v) is 19.4. The van der Waals surface area contributed by atoms with Crippen LogP contribution in [0.15, 0.2) is 24.3 Å². The van der Waals surface area contributed by atoms with Crippen LogP contribution in [0.25, 0.3) is 10.9 Å². The molecule has 180 valence electrons. The van der Waals surface area contributed by atoms with Gasteiger partial charge in [0.05, 0.1) is 5.52 Å². The molecule has 0 spiro atoms. The van der Waals surface area contributed by atoms with Crippen molar-refractivity contribution in [1.29, 1.82) is 0 Å². The summed E-state index contributed by atoms with van der Waals surface area (Å²) in [6.45, 7) is 1.90. The molecule has 0 aliphatic heterocycles. The molecule has 0 atom stereocenters. The van der Waals surface area contributed by atoms with Crippen LogP contribution in [-0.4, -0.2) is 42.5 Å². The van der Waals surface area contributed by atoms with Gasteiger partial charge in [0.2, 0.25) is 11.8 Å². The van der Waals surface area contributed by atoms with Gasteiger partial charge >= 0.3 is 6.18 Å². The third kappa shape index (κ3) is 6.72. The molecule has 6 nitrogen and oxygen atoms in total. The first kappa shape index (κ1) is 25.1. The Balaban J connectivity index is 1.64. The number of carbonyl (C=O) groups is 2. The fourth-order valence-corrected chi connectivity index (χ4v) is 4.41. The molecule has 2 aromatic rings. The molecule has 1 fully saturated rings. The molecule has 2 amide bonds. The van der Waals surface area contributed by atoms with E-state index >= 15 is 0 Å². The minimum absolute atomic E-state index is 0.0311. The van der Waals surface area contributed by atoms with Crippen molar-refractivity contribution >= 4 is 40.0 Å². The highest BCUT2D eigenvalue weighted by Crippen LogP contribution is 2.37. The lowest BCUT2D eigenvalue weighted by atomic mass is 9.89. The highest BCUT2D eigenvalue weighted by Gasteiger charge is 2.34. The second-order valence-electron chi connectivity index (χ2n) is 8.46. The molecule has 10 heteroatoms. The number of halogens is 4. The van der Waals surface area contributed by atoms with E-state index in [1.165, 1.54) is 19.1 Å². The fourth-order valence-electron chi connectivity index (χ4n) is 4.23. The van der Waals surface area contributed by atoms with Gasteiger partial charge in [-0.3, -0.25) is 9.59 Å². The van der Waals surface area contributed by atoms with Gasteiger partial charge in [0.15, 0.2) is 0 Å². The van der Waals surface area contributed by atoms with Crippen molar-refractivity contribution in [2.45, 2.75) is 63.7 Å². The molecule has 1 aromatic heterocycles. The molecule has 1 aliphatic carbocycles. The molecular formula is C23H28ClF3N4O2. The third-order valence-corrected chi connectivity index (χ3v) is 6.22. The largest absolute Gasteiger partial charge is 0.433 e. The number of nitrogens with zero attached hydrogens (tertiary/aromatic N) is 2. The predicted molar refractivity (Wildman–Crippen MR) is 122 cm³/mol. The molecule has 3 rings (SSSR count). The summed E-state index contributed by atoms with van der Waals surface area (Å²) in [7, 11) is 1.79. The van der Waals surface area contributed by atoms with Crippen LogP contribution in [0.1, 0.15) is 51.1 Å². The van der Waals surface area contributed by atoms with Crippen LogP contribution >= 0.6 is 11.6 Å². The number of aromatic nitrogens is 1. The van der Waals surface area contributed by atoms with Gasteiger partial charge in [-0.1, -0.05) is 11.6 Å². The lowest BCUT2D eigenvalue weighted by Gasteiger charge is -2.37. The maximum Gasteiger partial charge on any atom is 0.433 e. The van der Waals surface area contributed by atoms with Crippen LogP contribution in [0.4, 0.5) is 18.9 Å². The van der Waals surface area contributed by atoms with Gasteiger partial charge in [-0.2, -0.15) is 13.2 Å². The number of hydrogen-bond acceptors (Lipinski definition) is 4. The van der Waals surface area contributed by atoms with Crippen molar-refractivity contribution in [1.82, 2.24) is 15.6 Å². The van der Waals surface area contributed by atoms with Gasteiger partial charge in [0, 0.05) is 55.1 Å². The summed E-state index contributed by atoms with van der Waals surface area (Å²) in [4.78, 5) is 28.7. The van der Waals surface area contributed by atoms with E-state index in [1.807, 2.05) is 4.90 Å². The monoisotopic (exact) mass is 484 g/mol. The van der Waals surface area contributed by atoms with E-state index in [1.54, 1.807) is 13.1 Å². The average molecular weight is 485 g/mol. The SMILES string of the molecule is CC(=O)NCCCC(=O)N[C@H]1CC[C@@H](N(C)c2cc(C(F)(F)F)nc3ccc(Cl)cc23)CC1.